The van der Waals surface area contributed by atoms with E-state index in [9.17, 15) is 0 Å². The van der Waals surface area contributed by atoms with Gasteiger partial charge in [-0.3, -0.25) is 0 Å². The van der Waals surface area contributed by atoms with Gasteiger partial charge in [0, 0.05) is 0 Å². The van der Waals surface area contributed by atoms with E-state index < -0.39 is 39.5 Å². The average Bonchev–Trinajstić information content (AvgIpc) is 2.74. The molecule has 28 heavy (non-hydrogen) atoms. The zero-order valence-electron chi connectivity index (χ0n) is 21.3. The van der Waals surface area contributed by atoms with Gasteiger partial charge < -0.3 is 5.73 Å². The Bertz CT molecular complexity index is 175. The summed E-state index contributed by atoms with van der Waals surface area (Å²) in [6.07, 6.45) is 17.7. The first-order valence-electron chi connectivity index (χ1n) is 12.9. The van der Waals surface area contributed by atoms with Crippen molar-refractivity contribution in [2.24, 2.45) is 5.73 Å². The van der Waals surface area contributed by atoms with E-state index in [0.717, 1.165) is 0 Å². The minimum atomic E-state index is -0.839. The van der Waals surface area contributed by atoms with Crippen molar-refractivity contribution in [3.63, 3.8) is 0 Å². The third kappa shape index (κ3) is 29.8. The van der Waals surface area contributed by atoms with Crippen molar-refractivity contribution >= 4 is 39.5 Å². The van der Waals surface area contributed by atoms with Crippen LogP contribution in [-0.2, 0) is 0 Å². The van der Waals surface area contributed by atoms with Crippen LogP contribution in [0.3, 0.4) is 0 Å². The van der Waals surface area contributed by atoms with E-state index in [1.165, 1.54) is 84.1 Å². The van der Waals surface area contributed by atoms with E-state index >= 15 is 0 Å². The second-order valence-corrected chi connectivity index (χ2v) is 25.2. The standard InChI is InChI=1S/6C4H9.CH5N.2Sn/c6*1-3-4-2;1-2;;/h6*1,3-4H2,2H3;2H2,1H3;;. The largest absolute Gasteiger partial charge is 0.333 e. The summed E-state index contributed by atoms with van der Waals surface area (Å²) >= 11 is -1.68. The molecule has 0 aliphatic heterocycles. The minimum Gasteiger partial charge on any atom is -0.333 e. The fourth-order valence-electron chi connectivity index (χ4n) is 3.31. The number of nitrogens with two attached hydrogens (primary N) is 1. The molecule has 2 N–H and O–H groups in total. The Morgan fingerprint density at radius 3 is 0.607 bits per heavy atom. The second kappa shape index (κ2) is 33.2. The Labute approximate surface area is 196 Å². The van der Waals surface area contributed by atoms with Gasteiger partial charge in [0.25, 0.3) is 0 Å². The van der Waals surface area contributed by atoms with Crippen LogP contribution in [-0.4, -0.2) is 46.6 Å². The number of hydrogen-bond donors (Lipinski definition) is 1. The predicted molar refractivity (Wildman–Crippen MR) is 140 cm³/mol. The molecule has 0 aromatic carbocycles. The summed E-state index contributed by atoms with van der Waals surface area (Å²) in [5, 5.41) is 0. The molecule has 0 heterocycles. The van der Waals surface area contributed by atoms with Crippen LogP contribution >= 0.6 is 0 Å². The topological polar surface area (TPSA) is 26.0 Å². The van der Waals surface area contributed by atoms with Crippen LogP contribution in [0.15, 0.2) is 0 Å². The van der Waals surface area contributed by atoms with Crippen LogP contribution in [0.4, 0.5) is 0 Å². The van der Waals surface area contributed by atoms with Gasteiger partial charge in [-0.1, -0.05) is 0 Å². The van der Waals surface area contributed by atoms with Crippen molar-refractivity contribution in [1.29, 1.82) is 0 Å². The molecule has 0 unspecified atom stereocenters. The van der Waals surface area contributed by atoms with Gasteiger partial charge in [-0.15, -0.1) is 0 Å². The van der Waals surface area contributed by atoms with Crippen molar-refractivity contribution < 1.29 is 0 Å². The van der Waals surface area contributed by atoms with E-state index in [-0.39, 0.29) is 0 Å². The van der Waals surface area contributed by atoms with Gasteiger partial charge >= 0.3 is 185 Å². The molecule has 0 rings (SSSR count). The number of hydrogen-bond acceptors (Lipinski definition) is 1. The molecule has 0 fully saturated rings. The molecular formula is C25H59NSn2. The zero-order valence-corrected chi connectivity index (χ0v) is 27.0. The van der Waals surface area contributed by atoms with Gasteiger partial charge in [0.2, 0.25) is 0 Å². The van der Waals surface area contributed by atoms with Gasteiger partial charge in [0.1, 0.15) is 0 Å². The Morgan fingerprint density at radius 2 is 0.500 bits per heavy atom. The minimum absolute atomic E-state index is 0.839. The van der Waals surface area contributed by atoms with Gasteiger partial charge in [-0.25, -0.2) is 0 Å². The van der Waals surface area contributed by atoms with Crippen molar-refractivity contribution in [3.8, 4) is 0 Å². The fourth-order valence-corrected chi connectivity index (χ4v) is 22.2. The molecule has 0 bridgehead atoms. The summed E-state index contributed by atoms with van der Waals surface area (Å²) < 4.78 is 10.1. The molecular weight excluding hydrogens is 552 g/mol. The molecule has 0 aromatic heterocycles. The van der Waals surface area contributed by atoms with Gasteiger partial charge in [-0.05, 0) is 7.05 Å². The van der Waals surface area contributed by atoms with E-state index in [1.807, 2.05) is 0 Å². The third-order valence-electron chi connectivity index (χ3n) is 5.30. The van der Waals surface area contributed by atoms with Crippen molar-refractivity contribution in [2.75, 3.05) is 7.05 Å². The quantitative estimate of drug-likeness (QED) is 0.154. The average molecular weight is 611 g/mol. The number of unbranched alkanes of at least 4 members (excludes halogenated alkanes) is 6. The molecule has 0 saturated heterocycles. The summed E-state index contributed by atoms with van der Waals surface area (Å²) in [6, 6.07) is 0. The molecule has 0 amide bonds. The first-order valence-corrected chi connectivity index (χ1v) is 25.1. The third-order valence-corrected chi connectivity index (χ3v) is 23.5. The summed E-state index contributed by atoms with van der Waals surface area (Å²) in [5.74, 6) is 0. The van der Waals surface area contributed by atoms with Crippen LogP contribution in [0.25, 0.3) is 0 Å². The molecule has 172 valence electrons. The van der Waals surface area contributed by atoms with Crippen molar-refractivity contribution in [3.05, 3.63) is 0 Å². The summed E-state index contributed by atoms with van der Waals surface area (Å²) in [7, 11) is 1.50. The normalized spacial score (nSPS) is 10.5. The molecule has 0 atom stereocenters. The van der Waals surface area contributed by atoms with E-state index in [4.69, 9.17) is 0 Å². The Balaban J connectivity index is -0.000000410. The van der Waals surface area contributed by atoms with E-state index in [2.05, 4.69) is 47.3 Å². The first-order chi connectivity index (χ1) is 13.7. The Kier molecular flexibility index (Phi) is 40.5. The van der Waals surface area contributed by atoms with Gasteiger partial charge in [0.05, 0.1) is 0 Å². The molecule has 0 aliphatic rings. The van der Waals surface area contributed by atoms with Crippen LogP contribution in [0, 0.1) is 0 Å². The Hall–Kier alpha value is 1.56. The maximum absolute atomic E-state index is 4.50. The Morgan fingerprint density at radius 1 is 0.357 bits per heavy atom. The molecule has 0 aliphatic carbocycles. The summed E-state index contributed by atoms with van der Waals surface area (Å²) in [4.78, 5) is 0. The van der Waals surface area contributed by atoms with Crippen LogP contribution in [0.2, 0.25) is 26.6 Å². The number of rotatable bonds is 18. The molecule has 0 aromatic rings. The van der Waals surface area contributed by atoms with Crippen LogP contribution < -0.4 is 5.73 Å². The van der Waals surface area contributed by atoms with Crippen molar-refractivity contribution in [1.82, 2.24) is 0 Å². The fraction of sp³-hybridized carbons (Fsp3) is 1.00. The van der Waals surface area contributed by atoms with E-state index in [1.54, 1.807) is 26.6 Å². The predicted octanol–water partition coefficient (Wildman–Crippen LogP) is 9.34. The maximum atomic E-state index is 4.50. The molecule has 2 radical (unpaired) electrons. The van der Waals surface area contributed by atoms with Crippen molar-refractivity contribution in [2.45, 2.75) is 145 Å². The van der Waals surface area contributed by atoms with Crippen LogP contribution in [0.1, 0.15) is 119 Å². The molecule has 0 saturated carbocycles. The molecule has 1 nitrogen and oxygen atoms in total. The zero-order chi connectivity index (χ0) is 21.9. The molecule has 0 spiro atoms. The SMILES string of the molecule is CCC[CH2][Sn]([CH2]CCC)[CH2]CCC.CCC[CH2][Sn]([CH2]CCC)[CH2]CCC.CN. The second-order valence-electron chi connectivity index (χ2n) is 8.12. The monoisotopic (exact) mass is 613 g/mol. The summed E-state index contributed by atoms with van der Waals surface area (Å²) in [5.41, 5.74) is 4.50. The van der Waals surface area contributed by atoms with E-state index in [0.29, 0.717) is 0 Å². The maximum Gasteiger partial charge on any atom is -0.0195 e. The van der Waals surface area contributed by atoms with Gasteiger partial charge in [-0.2, -0.15) is 0 Å². The van der Waals surface area contributed by atoms with Crippen LogP contribution in [0.5, 0.6) is 0 Å². The smallest absolute Gasteiger partial charge is 0.0195 e. The first kappa shape index (κ1) is 34.2. The summed E-state index contributed by atoms with van der Waals surface area (Å²) in [6.45, 7) is 14.0. The van der Waals surface area contributed by atoms with Gasteiger partial charge in [0.15, 0.2) is 0 Å². The molecule has 3 heteroatoms.